The van der Waals surface area contributed by atoms with Crippen LogP contribution in [0, 0.1) is 0 Å². The Morgan fingerprint density at radius 3 is 2.43 bits per heavy atom. The maximum Gasteiger partial charge on any atom is 0.335 e. The Bertz CT molecular complexity index is 731. The second-order valence-corrected chi connectivity index (χ2v) is 5.59. The number of allylic oxidation sites excluding steroid dienone is 1. The third-order valence-electron chi connectivity index (χ3n) is 3.79. The van der Waals surface area contributed by atoms with Gasteiger partial charge in [-0.25, -0.2) is 4.79 Å². The number of hydrogen-bond acceptors (Lipinski definition) is 3. The normalized spacial score (nSPS) is 13.2. The first-order chi connectivity index (χ1) is 10.8. The summed E-state index contributed by atoms with van der Waals surface area (Å²) in [6, 6.07) is 18.2. The van der Waals surface area contributed by atoms with E-state index in [4.69, 9.17) is 4.74 Å². The van der Waals surface area contributed by atoms with Gasteiger partial charge in [-0.2, -0.15) is 0 Å². The van der Waals surface area contributed by atoms with Crippen molar-refractivity contribution in [3.63, 3.8) is 0 Å². The van der Waals surface area contributed by atoms with Gasteiger partial charge >= 0.3 is 5.97 Å². The van der Waals surface area contributed by atoms with E-state index >= 15 is 0 Å². The summed E-state index contributed by atoms with van der Waals surface area (Å²) in [5, 5.41) is 0.584. The fourth-order valence-corrected chi connectivity index (χ4v) is 3.37. The zero-order valence-electron chi connectivity index (χ0n) is 12.8. The molecule has 0 aromatic heterocycles. The molecule has 3 nitrogen and oxygen atoms in total. The number of methoxy groups -OCH3 is 1. The molecule has 0 aliphatic carbocycles. The van der Waals surface area contributed by atoms with Gasteiger partial charge in [-0.3, -0.25) is 0 Å². The Hall–Kier alpha value is -1.27. The SMILES string of the molecule is COC(=O)C1=C(CBr)N(c2ccccc2)c2ccccc2C1.[Sn]. The van der Waals surface area contributed by atoms with E-state index in [-0.39, 0.29) is 29.9 Å². The van der Waals surface area contributed by atoms with Crippen molar-refractivity contribution in [1.29, 1.82) is 0 Å². The minimum Gasteiger partial charge on any atom is -0.466 e. The van der Waals surface area contributed by atoms with Crippen molar-refractivity contribution < 1.29 is 9.53 Å². The summed E-state index contributed by atoms with van der Waals surface area (Å²) in [4.78, 5) is 14.3. The van der Waals surface area contributed by atoms with E-state index in [1.807, 2.05) is 42.5 Å². The number of carbonyl (C=O) groups is 1. The van der Waals surface area contributed by atoms with E-state index in [1.165, 1.54) is 7.11 Å². The van der Waals surface area contributed by atoms with Crippen molar-refractivity contribution in [2.24, 2.45) is 0 Å². The average molecular weight is 477 g/mol. The number of carbonyl (C=O) groups excluding carboxylic acids is 1. The molecule has 116 valence electrons. The van der Waals surface area contributed by atoms with Gasteiger partial charge < -0.3 is 9.64 Å². The van der Waals surface area contributed by atoms with E-state index in [9.17, 15) is 4.79 Å². The zero-order valence-corrected chi connectivity index (χ0v) is 17.2. The number of ether oxygens (including phenoxy) is 1. The topological polar surface area (TPSA) is 29.5 Å². The molecule has 0 bridgehead atoms. The van der Waals surface area contributed by atoms with Gasteiger partial charge in [-0.15, -0.1) is 0 Å². The van der Waals surface area contributed by atoms with Crippen molar-refractivity contribution in [3.05, 3.63) is 71.4 Å². The van der Waals surface area contributed by atoms with Gasteiger partial charge in [-0.1, -0.05) is 52.3 Å². The second-order valence-electron chi connectivity index (χ2n) is 5.03. The number of hydrogen-bond donors (Lipinski definition) is 0. The molecule has 1 aliphatic rings. The molecule has 0 amide bonds. The number of halogens is 1. The van der Waals surface area contributed by atoms with Crippen LogP contribution in [-0.4, -0.2) is 42.3 Å². The summed E-state index contributed by atoms with van der Waals surface area (Å²) in [6.45, 7) is 0. The van der Waals surface area contributed by atoms with Gasteiger partial charge in [0.15, 0.2) is 0 Å². The number of para-hydroxylation sites is 2. The predicted molar refractivity (Wildman–Crippen MR) is 97.3 cm³/mol. The molecule has 4 radical (unpaired) electrons. The van der Waals surface area contributed by atoms with Crippen molar-refractivity contribution in [2.45, 2.75) is 6.42 Å². The molecule has 1 heterocycles. The van der Waals surface area contributed by atoms with Crippen LogP contribution in [0.25, 0.3) is 0 Å². The maximum absolute atomic E-state index is 12.2. The molecule has 0 spiro atoms. The van der Waals surface area contributed by atoms with Crippen molar-refractivity contribution >= 4 is 57.2 Å². The molecule has 2 aromatic carbocycles. The summed E-state index contributed by atoms with van der Waals surface area (Å²) in [5.41, 5.74) is 4.89. The van der Waals surface area contributed by atoms with Crippen molar-refractivity contribution in [3.8, 4) is 0 Å². The van der Waals surface area contributed by atoms with Crippen LogP contribution in [0.15, 0.2) is 65.9 Å². The molecular weight excluding hydrogens is 461 g/mol. The van der Waals surface area contributed by atoms with Gasteiger partial charge in [0.25, 0.3) is 0 Å². The maximum atomic E-state index is 12.2. The molecule has 0 saturated heterocycles. The number of benzene rings is 2. The minimum absolute atomic E-state index is 0. The van der Waals surface area contributed by atoms with Gasteiger partial charge in [0.2, 0.25) is 0 Å². The van der Waals surface area contributed by atoms with E-state index < -0.39 is 0 Å². The second kappa shape index (κ2) is 8.01. The molecule has 5 heteroatoms. The third kappa shape index (κ3) is 3.48. The average Bonchev–Trinajstić information content (AvgIpc) is 2.60. The molecule has 0 saturated carbocycles. The van der Waals surface area contributed by atoms with Crippen molar-refractivity contribution in [1.82, 2.24) is 0 Å². The summed E-state index contributed by atoms with van der Waals surface area (Å²) in [7, 11) is 1.43. The van der Waals surface area contributed by atoms with E-state index in [0.717, 1.165) is 22.6 Å². The monoisotopic (exact) mass is 477 g/mol. The Balaban J connectivity index is 0.00000192. The molecule has 0 unspecified atom stereocenters. The molecule has 0 atom stereocenters. The number of rotatable bonds is 3. The Kier molecular flexibility index (Phi) is 6.30. The number of anilines is 2. The van der Waals surface area contributed by atoms with Gasteiger partial charge in [0.1, 0.15) is 0 Å². The standard InChI is InChI=1S/C18H16BrNO2.Sn/c1-22-18(21)15-11-13-7-5-6-10-16(13)20(17(15)12-19)14-8-3-2-4-9-14;/h2-10H,11-12H2,1H3;. The van der Waals surface area contributed by atoms with Crippen molar-refractivity contribution in [2.75, 3.05) is 17.3 Å². The Morgan fingerprint density at radius 2 is 1.78 bits per heavy atom. The predicted octanol–water partition coefficient (Wildman–Crippen LogP) is 3.82. The number of nitrogens with zero attached hydrogens (tertiary/aromatic N) is 1. The van der Waals surface area contributed by atoms with Crippen LogP contribution in [0.4, 0.5) is 11.4 Å². The van der Waals surface area contributed by atoms with Gasteiger partial charge in [-0.05, 0) is 23.8 Å². The molecule has 2 aromatic rings. The van der Waals surface area contributed by atoms with Crippen LogP contribution in [-0.2, 0) is 16.0 Å². The van der Waals surface area contributed by atoms with Gasteiger partial charge in [0, 0.05) is 52.7 Å². The fourth-order valence-electron chi connectivity index (χ4n) is 2.78. The minimum atomic E-state index is -0.273. The summed E-state index contributed by atoms with van der Waals surface area (Å²) < 4.78 is 4.98. The molecule has 0 N–H and O–H groups in total. The molecule has 3 rings (SSSR count). The first-order valence-corrected chi connectivity index (χ1v) is 8.17. The smallest absolute Gasteiger partial charge is 0.335 e. The van der Waals surface area contributed by atoms with E-state index in [2.05, 4.69) is 33.0 Å². The molecule has 23 heavy (non-hydrogen) atoms. The van der Waals surface area contributed by atoms with E-state index in [1.54, 1.807) is 0 Å². The quantitative estimate of drug-likeness (QED) is 0.383. The Morgan fingerprint density at radius 1 is 1.13 bits per heavy atom. The summed E-state index contributed by atoms with van der Waals surface area (Å²) in [5.74, 6) is -0.273. The number of esters is 1. The van der Waals surface area contributed by atoms with Crippen LogP contribution in [0.5, 0.6) is 0 Å². The fraction of sp³-hybridized carbons (Fsp3) is 0.167. The van der Waals surface area contributed by atoms with Crippen LogP contribution in [0.1, 0.15) is 5.56 Å². The van der Waals surface area contributed by atoms with E-state index in [0.29, 0.717) is 17.3 Å². The van der Waals surface area contributed by atoms with Crippen LogP contribution in [0.2, 0.25) is 0 Å². The first kappa shape index (κ1) is 18.1. The molecular formula is C18H16BrNO2Sn. The largest absolute Gasteiger partial charge is 0.466 e. The van der Waals surface area contributed by atoms with Crippen LogP contribution >= 0.6 is 15.9 Å². The number of alkyl halides is 1. The summed E-state index contributed by atoms with van der Waals surface area (Å²) >= 11 is 3.53. The van der Waals surface area contributed by atoms with Gasteiger partial charge in [0.05, 0.1) is 12.7 Å². The van der Waals surface area contributed by atoms with Crippen LogP contribution < -0.4 is 4.90 Å². The Labute approximate surface area is 161 Å². The zero-order chi connectivity index (χ0) is 15.5. The van der Waals surface area contributed by atoms with Crippen LogP contribution in [0.3, 0.4) is 0 Å². The summed E-state index contributed by atoms with van der Waals surface area (Å²) in [6.07, 6.45) is 0.590. The molecule has 0 fully saturated rings. The third-order valence-corrected chi connectivity index (χ3v) is 4.32. The number of fused-ring (bicyclic) bond motifs is 1. The first-order valence-electron chi connectivity index (χ1n) is 7.05. The molecule has 1 aliphatic heterocycles.